The maximum Gasteiger partial charge on any atom is 0.225 e. The lowest BCUT2D eigenvalue weighted by atomic mass is 10.1. The zero-order valence-electron chi connectivity index (χ0n) is 7.44. The molecule has 0 bridgehead atoms. The molecule has 0 aromatic heterocycles. The molecule has 64 valence electrons. The molecule has 1 N–H and O–H groups in total. The van der Waals surface area contributed by atoms with Gasteiger partial charge in [-0.1, -0.05) is 20.3 Å². The van der Waals surface area contributed by atoms with Crippen LogP contribution < -0.4 is 5.32 Å². The van der Waals surface area contributed by atoms with Crippen LogP contribution in [0.25, 0.3) is 0 Å². The minimum absolute atomic E-state index is 0.00768. The highest BCUT2D eigenvalue weighted by Crippen LogP contribution is 2.44. The monoisotopic (exact) mass is 155 g/mol. The summed E-state index contributed by atoms with van der Waals surface area (Å²) in [5, 5.41) is 2.95. The Hall–Kier alpha value is -0.530. The molecule has 11 heavy (non-hydrogen) atoms. The van der Waals surface area contributed by atoms with E-state index >= 15 is 0 Å². The average Bonchev–Trinajstić information content (AvgIpc) is 2.70. The third-order valence-corrected chi connectivity index (χ3v) is 2.36. The molecule has 0 radical (unpaired) electrons. The Morgan fingerprint density at radius 1 is 1.55 bits per heavy atom. The highest BCUT2D eigenvalue weighted by Gasteiger charge is 2.44. The van der Waals surface area contributed by atoms with Gasteiger partial charge < -0.3 is 5.32 Å². The number of carbonyl (C=O) groups excluding carboxylic acids is 1. The Morgan fingerprint density at radius 2 is 2.18 bits per heavy atom. The Bertz CT molecular complexity index is 150. The van der Waals surface area contributed by atoms with E-state index in [1.807, 2.05) is 6.92 Å². The van der Waals surface area contributed by atoms with Crippen LogP contribution in [0.15, 0.2) is 0 Å². The molecule has 0 aliphatic heterocycles. The number of carbonyl (C=O) groups is 1. The molecule has 2 heteroatoms. The average molecular weight is 155 g/mol. The van der Waals surface area contributed by atoms with Crippen LogP contribution in [-0.4, -0.2) is 12.5 Å². The molecule has 0 aromatic carbocycles. The van der Waals surface area contributed by atoms with Crippen molar-refractivity contribution >= 4 is 5.91 Å². The van der Waals surface area contributed by atoms with Crippen LogP contribution in [0.1, 0.15) is 39.5 Å². The second kappa shape index (κ2) is 3.24. The molecule has 1 saturated carbocycles. The van der Waals surface area contributed by atoms with Crippen molar-refractivity contribution < 1.29 is 4.79 Å². The van der Waals surface area contributed by atoms with Crippen LogP contribution in [-0.2, 0) is 4.79 Å². The number of hydrogen-bond acceptors (Lipinski definition) is 1. The summed E-state index contributed by atoms with van der Waals surface area (Å²) in [4.78, 5) is 11.3. The van der Waals surface area contributed by atoms with Crippen LogP contribution in [0.4, 0.5) is 0 Å². The summed E-state index contributed by atoms with van der Waals surface area (Å²) in [5.74, 6) is 0.256. The fourth-order valence-corrected chi connectivity index (χ4v) is 1.01. The summed E-state index contributed by atoms with van der Waals surface area (Å²) in [6, 6.07) is 0. The van der Waals surface area contributed by atoms with E-state index in [1.165, 1.54) is 0 Å². The SMILES string of the molecule is CCCCNC(=O)C1(C)CC1. The normalized spacial score (nSPS) is 19.5. The predicted octanol–water partition coefficient (Wildman–Crippen LogP) is 1.70. The van der Waals surface area contributed by atoms with Gasteiger partial charge in [0.05, 0.1) is 0 Å². The first-order valence-corrected chi connectivity index (χ1v) is 4.47. The Morgan fingerprint density at radius 3 is 2.64 bits per heavy atom. The molecule has 0 heterocycles. The molecule has 1 aliphatic carbocycles. The minimum atomic E-state index is 0.00768. The van der Waals surface area contributed by atoms with Crippen LogP contribution in [0.5, 0.6) is 0 Å². The first-order chi connectivity index (χ1) is 5.19. The summed E-state index contributed by atoms with van der Waals surface area (Å²) < 4.78 is 0. The first-order valence-electron chi connectivity index (χ1n) is 4.47. The van der Waals surface area contributed by atoms with Crippen molar-refractivity contribution in [3.63, 3.8) is 0 Å². The second-order valence-electron chi connectivity index (χ2n) is 3.67. The maximum absolute atomic E-state index is 11.3. The largest absolute Gasteiger partial charge is 0.356 e. The Kier molecular flexibility index (Phi) is 2.53. The van der Waals surface area contributed by atoms with Gasteiger partial charge in [0.15, 0.2) is 0 Å². The van der Waals surface area contributed by atoms with Gasteiger partial charge in [0.2, 0.25) is 5.91 Å². The maximum atomic E-state index is 11.3. The lowest BCUT2D eigenvalue weighted by Gasteiger charge is -2.08. The van der Waals surface area contributed by atoms with E-state index in [-0.39, 0.29) is 11.3 Å². The number of amides is 1. The summed E-state index contributed by atoms with van der Waals surface area (Å²) in [7, 11) is 0. The molecule has 1 aliphatic rings. The van der Waals surface area contributed by atoms with Crippen LogP contribution in [0.2, 0.25) is 0 Å². The van der Waals surface area contributed by atoms with Gasteiger partial charge in [-0.25, -0.2) is 0 Å². The second-order valence-corrected chi connectivity index (χ2v) is 3.67. The van der Waals surface area contributed by atoms with Gasteiger partial charge in [-0.2, -0.15) is 0 Å². The van der Waals surface area contributed by atoms with Gasteiger partial charge in [0, 0.05) is 12.0 Å². The van der Waals surface area contributed by atoms with E-state index in [0.29, 0.717) is 0 Å². The van der Waals surface area contributed by atoms with Gasteiger partial charge in [0.25, 0.3) is 0 Å². The standard InChI is InChI=1S/C9H17NO/c1-3-4-7-10-8(11)9(2)5-6-9/h3-7H2,1-2H3,(H,10,11). The summed E-state index contributed by atoms with van der Waals surface area (Å²) in [6.45, 7) is 5.02. The van der Waals surface area contributed by atoms with Crippen LogP contribution >= 0.6 is 0 Å². The lowest BCUT2D eigenvalue weighted by Crippen LogP contribution is -2.30. The van der Waals surface area contributed by atoms with Crippen molar-refractivity contribution in [2.75, 3.05) is 6.54 Å². The van der Waals surface area contributed by atoms with Crippen molar-refractivity contribution in [2.45, 2.75) is 39.5 Å². The van der Waals surface area contributed by atoms with Crippen molar-refractivity contribution in [1.82, 2.24) is 5.32 Å². The minimum Gasteiger partial charge on any atom is -0.356 e. The van der Waals surface area contributed by atoms with Crippen LogP contribution in [0, 0.1) is 5.41 Å². The number of hydrogen-bond donors (Lipinski definition) is 1. The fourth-order valence-electron chi connectivity index (χ4n) is 1.01. The van der Waals surface area contributed by atoms with Gasteiger partial charge in [0.1, 0.15) is 0 Å². The molecule has 0 spiro atoms. The zero-order valence-corrected chi connectivity index (χ0v) is 7.44. The summed E-state index contributed by atoms with van der Waals surface area (Å²) in [5.41, 5.74) is 0.00768. The molecule has 0 saturated heterocycles. The summed E-state index contributed by atoms with van der Waals surface area (Å²) >= 11 is 0. The Balaban J connectivity index is 2.12. The van der Waals surface area contributed by atoms with Gasteiger partial charge >= 0.3 is 0 Å². The third kappa shape index (κ3) is 2.21. The quantitative estimate of drug-likeness (QED) is 0.615. The summed E-state index contributed by atoms with van der Waals surface area (Å²) in [6.07, 6.45) is 4.40. The molecule has 1 amide bonds. The van der Waals surface area contributed by atoms with E-state index < -0.39 is 0 Å². The van der Waals surface area contributed by atoms with Gasteiger partial charge in [-0.15, -0.1) is 0 Å². The molecule has 1 fully saturated rings. The number of unbranched alkanes of at least 4 members (excludes halogenated alkanes) is 1. The third-order valence-electron chi connectivity index (χ3n) is 2.36. The molecule has 2 nitrogen and oxygen atoms in total. The van der Waals surface area contributed by atoms with E-state index in [9.17, 15) is 4.79 Å². The van der Waals surface area contributed by atoms with Crippen molar-refractivity contribution in [3.05, 3.63) is 0 Å². The molecule has 0 unspecified atom stereocenters. The topological polar surface area (TPSA) is 29.1 Å². The molecule has 0 atom stereocenters. The molecular formula is C9H17NO. The predicted molar refractivity (Wildman–Crippen MR) is 45.3 cm³/mol. The van der Waals surface area contributed by atoms with E-state index in [0.717, 1.165) is 32.2 Å². The Labute approximate surface area is 68.4 Å². The van der Waals surface area contributed by atoms with Gasteiger partial charge in [-0.05, 0) is 19.3 Å². The number of nitrogens with one attached hydrogen (secondary N) is 1. The van der Waals surface area contributed by atoms with Crippen molar-refractivity contribution in [1.29, 1.82) is 0 Å². The highest BCUT2D eigenvalue weighted by atomic mass is 16.2. The lowest BCUT2D eigenvalue weighted by molar-refractivity contribution is -0.125. The molecule has 0 aromatic rings. The smallest absolute Gasteiger partial charge is 0.225 e. The van der Waals surface area contributed by atoms with Crippen LogP contribution in [0.3, 0.4) is 0 Å². The van der Waals surface area contributed by atoms with Gasteiger partial charge in [-0.3, -0.25) is 4.79 Å². The van der Waals surface area contributed by atoms with Crippen molar-refractivity contribution in [3.8, 4) is 0 Å². The molecule has 1 rings (SSSR count). The van der Waals surface area contributed by atoms with Crippen molar-refractivity contribution in [2.24, 2.45) is 5.41 Å². The van der Waals surface area contributed by atoms with E-state index in [4.69, 9.17) is 0 Å². The van der Waals surface area contributed by atoms with E-state index in [1.54, 1.807) is 0 Å². The zero-order chi connectivity index (χ0) is 8.32. The first kappa shape index (κ1) is 8.57. The van der Waals surface area contributed by atoms with E-state index in [2.05, 4.69) is 12.2 Å². The fraction of sp³-hybridized carbons (Fsp3) is 0.889. The number of rotatable bonds is 4. The highest BCUT2D eigenvalue weighted by molar-refractivity contribution is 5.84. The molecular weight excluding hydrogens is 138 g/mol.